The van der Waals surface area contributed by atoms with E-state index in [1.165, 1.54) is 20.1 Å². The number of aromatic nitrogens is 2. The predicted octanol–water partition coefficient (Wildman–Crippen LogP) is 3.62. The maximum absolute atomic E-state index is 4.56. The molecule has 0 fully saturated rings. The van der Waals surface area contributed by atoms with Crippen molar-refractivity contribution in [2.75, 3.05) is 6.54 Å². The van der Waals surface area contributed by atoms with Crippen molar-refractivity contribution in [2.24, 2.45) is 0 Å². The van der Waals surface area contributed by atoms with Crippen molar-refractivity contribution in [2.45, 2.75) is 39.8 Å². The van der Waals surface area contributed by atoms with Crippen molar-refractivity contribution >= 4 is 27.3 Å². The second-order valence-electron chi connectivity index (χ2n) is 4.43. The van der Waals surface area contributed by atoms with Crippen LogP contribution in [0.15, 0.2) is 22.0 Å². The number of rotatable bonds is 7. The quantitative estimate of drug-likeness (QED) is 0.779. The number of hydrogen-bond donors (Lipinski definition) is 1. The summed E-state index contributed by atoms with van der Waals surface area (Å²) in [5.41, 5.74) is 2.47. The van der Waals surface area contributed by atoms with Gasteiger partial charge in [-0.15, -0.1) is 11.3 Å². The maximum Gasteiger partial charge on any atom is 0.0701 e. The minimum atomic E-state index is 0.896. The molecule has 19 heavy (non-hydrogen) atoms. The Hall–Kier alpha value is -0.650. The first-order chi connectivity index (χ1) is 9.22. The fourth-order valence-electron chi connectivity index (χ4n) is 2.02. The number of aryl methyl sites for hydroxylation is 2. The molecule has 5 heteroatoms. The van der Waals surface area contributed by atoms with Gasteiger partial charge in [-0.05, 0) is 53.9 Å². The van der Waals surface area contributed by atoms with E-state index in [-0.39, 0.29) is 0 Å². The zero-order chi connectivity index (χ0) is 13.7. The highest BCUT2D eigenvalue weighted by Gasteiger charge is 2.05. The molecule has 104 valence electrons. The number of halogens is 1. The maximum atomic E-state index is 4.56. The molecule has 3 nitrogen and oxygen atoms in total. The van der Waals surface area contributed by atoms with E-state index in [9.17, 15) is 0 Å². The fourth-order valence-corrected chi connectivity index (χ4v) is 3.50. The summed E-state index contributed by atoms with van der Waals surface area (Å²) in [5.74, 6) is 0. The molecule has 0 aliphatic heterocycles. The summed E-state index contributed by atoms with van der Waals surface area (Å²) < 4.78 is 3.30. The van der Waals surface area contributed by atoms with Gasteiger partial charge in [0, 0.05) is 24.5 Å². The van der Waals surface area contributed by atoms with Crippen LogP contribution in [0.2, 0.25) is 0 Å². The standard InChI is InChI=1S/C14H20BrN3S/c1-3-11-9-12(18(4-2)17-11)10-16-8-7-13-5-6-14(15)19-13/h5-6,9,16H,3-4,7-8,10H2,1-2H3. The summed E-state index contributed by atoms with van der Waals surface area (Å²) in [4.78, 5) is 1.41. The Kier molecular flexibility index (Phi) is 5.60. The highest BCUT2D eigenvalue weighted by molar-refractivity contribution is 9.11. The number of nitrogens with zero attached hydrogens (tertiary/aromatic N) is 2. The van der Waals surface area contributed by atoms with Gasteiger partial charge >= 0.3 is 0 Å². The molecule has 1 N–H and O–H groups in total. The second-order valence-corrected chi connectivity index (χ2v) is 6.98. The minimum Gasteiger partial charge on any atom is -0.311 e. The third-order valence-corrected chi connectivity index (χ3v) is 4.74. The highest BCUT2D eigenvalue weighted by atomic mass is 79.9. The molecule has 0 unspecified atom stereocenters. The van der Waals surface area contributed by atoms with Crippen molar-refractivity contribution in [1.82, 2.24) is 15.1 Å². The summed E-state index contributed by atoms with van der Waals surface area (Å²) in [6, 6.07) is 6.50. The van der Waals surface area contributed by atoms with Crippen LogP contribution in [0.4, 0.5) is 0 Å². The Labute approximate surface area is 127 Å². The summed E-state index contributed by atoms with van der Waals surface area (Å²) in [6.45, 7) is 7.12. The van der Waals surface area contributed by atoms with E-state index >= 15 is 0 Å². The lowest BCUT2D eigenvalue weighted by molar-refractivity contribution is 0.579. The Morgan fingerprint density at radius 1 is 1.37 bits per heavy atom. The molecule has 0 amide bonds. The molecule has 0 bridgehead atoms. The fraction of sp³-hybridized carbons (Fsp3) is 0.500. The Morgan fingerprint density at radius 2 is 2.21 bits per heavy atom. The van der Waals surface area contributed by atoms with E-state index in [1.54, 1.807) is 0 Å². The molecule has 0 aliphatic rings. The molecule has 0 saturated carbocycles. The van der Waals surface area contributed by atoms with Gasteiger partial charge in [0.05, 0.1) is 15.2 Å². The molecule has 0 radical (unpaired) electrons. The third kappa shape index (κ3) is 4.16. The first-order valence-electron chi connectivity index (χ1n) is 6.73. The molecule has 0 aliphatic carbocycles. The molecule has 0 atom stereocenters. The van der Waals surface area contributed by atoms with Crippen LogP contribution in [0.3, 0.4) is 0 Å². The van der Waals surface area contributed by atoms with E-state index in [0.717, 1.165) is 32.5 Å². The Bertz CT molecular complexity index is 518. The average molecular weight is 342 g/mol. The molecule has 0 saturated heterocycles. The SMILES string of the molecule is CCc1cc(CNCCc2ccc(Br)s2)n(CC)n1. The smallest absolute Gasteiger partial charge is 0.0701 e. The van der Waals surface area contributed by atoms with Gasteiger partial charge in [-0.2, -0.15) is 5.10 Å². The van der Waals surface area contributed by atoms with E-state index in [2.05, 4.69) is 63.1 Å². The van der Waals surface area contributed by atoms with Crippen LogP contribution in [0, 0.1) is 0 Å². The lowest BCUT2D eigenvalue weighted by Crippen LogP contribution is -2.18. The molecule has 2 rings (SSSR count). The molecule has 2 aromatic rings. The van der Waals surface area contributed by atoms with Gasteiger partial charge in [0.2, 0.25) is 0 Å². The second kappa shape index (κ2) is 7.22. The summed E-state index contributed by atoms with van der Waals surface area (Å²) >= 11 is 5.30. The van der Waals surface area contributed by atoms with E-state index in [0.29, 0.717) is 0 Å². The lowest BCUT2D eigenvalue weighted by atomic mass is 10.3. The predicted molar refractivity (Wildman–Crippen MR) is 84.7 cm³/mol. The monoisotopic (exact) mass is 341 g/mol. The molecular formula is C14H20BrN3S. The zero-order valence-corrected chi connectivity index (χ0v) is 13.9. The van der Waals surface area contributed by atoms with Gasteiger partial charge in [-0.1, -0.05) is 6.92 Å². The zero-order valence-electron chi connectivity index (χ0n) is 11.4. The molecule has 0 aromatic carbocycles. The number of hydrogen-bond acceptors (Lipinski definition) is 3. The first kappa shape index (κ1) is 14.8. The normalized spacial score (nSPS) is 11.1. The van der Waals surface area contributed by atoms with Crippen LogP contribution in [-0.2, 0) is 25.9 Å². The van der Waals surface area contributed by atoms with Crippen LogP contribution < -0.4 is 5.32 Å². The first-order valence-corrected chi connectivity index (χ1v) is 8.34. The minimum absolute atomic E-state index is 0.896. The topological polar surface area (TPSA) is 29.9 Å². The number of nitrogens with one attached hydrogen (secondary N) is 1. The van der Waals surface area contributed by atoms with Crippen molar-refractivity contribution in [3.05, 3.63) is 38.3 Å². The molecule has 0 spiro atoms. The van der Waals surface area contributed by atoms with Crippen molar-refractivity contribution in [1.29, 1.82) is 0 Å². The van der Waals surface area contributed by atoms with Gasteiger partial charge in [0.15, 0.2) is 0 Å². The van der Waals surface area contributed by atoms with Gasteiger partial charge in [-0.25, -0.2) is 0 Å². The van der Waals surface area contributed by atoms with Gasteiger partial charge in [0.1, 0.15) is 0 Å². The van der Waals surface area contributed by atoms with Crippen molar-refractivity contribution in [3.8, 4) is 0 Å². The van der Waals surface area contributed by atoms with Gasteiger partial charge < -0.3 is 5.32 Å². The third-order valence-electron chi connectivity index (χ3n) is 3.06. The van der Waals surface area contributed by atoms with Crippen LogP contribution in [0.1, 0.15) is 30.1 Å². The largest absolute Gasteiger partial charge is 0.311 e. The summed E-state index contributed by atoms with van der Waals surface area (Å²) in [6.07, 6.45) is 2.08. The van der Waals surface area contributed by atoms with Crippen LogP contribution in [0.5, 0.6) is 0 Å². The van der Waals surface area contributed by atoms with Gasteiger partial charge in [0.25, 0.3) is 0 Å². The molecule has 2 aromatic heterocycles. The van der Waals surface area contributed by atoms with Crippen LogP contribution in [-0.4, -0.2) is 16.3 Å². The highest BCUT2D eigenvalue weighted by Crippen LogP contribution is 2.22. The van der Waals surface area contributed by atoms with Crippen molar-refractivity contribution in [3.63, 3.8) is 0 Å². The Morgan fingerprint density at radius 3 is 2.84 bits per heavy atom. The van der Waals surface area contributed by atoms with Crippen LogP contribution >= 0.6 is 27.3 Å². The Balaban J connectivity index is 1.80. The van der Waals surface area contributed by atoms with E-state index in [4.69, 9.17) is 0 Å². The average Bonchev–Trinajstić information content (AvgIpc) is 3.00. The van der Waals surface area contributed by atoms with Crippen molar-refractivity contribution < 1.29 is 0 Å². The number of thiophene rings is 1. The van der Waals surface area contributed by atoms with E-state index < -0.39 is 0 Å². The van der Waals surface area contributed by atoms with Gasteiger partial charge in [-0.3, -0.25) is 4.68 Å². The lowest BCUT2D eigenvalue weighted by Gasteiger charge is -2.05. The van der Waals surface area contributed by atoms with Crippen LogP contribution in [0.25, 0.3) is 0 Å². The summed E-state index contributed by atoms with van der Waals surface area (Å²) in [5, 5.41) is 8.06. The molecule has 2 heterocycles. The summed E-state index contributed by atoms with van der Waals surface area (Å²) in [7, 11) is 0. The van der Waals surface area contributed by atoms with E-state index in [1.807, 2.05) is 11.3 Å². The molecular weight excluding hydrogens is 322 g/mol.